The summed E-state index contributed by atoms with van der Waals surface area (Å²) in [6, 6.07) is 4.90. The molecule has 110 valence electrons. The molecular weight excluding hydrogens is 248 g/mol. The van der Waals surface area contributed by atoms with Gasteiger partial charge in [-0.1, -0.05) is 19.9 Å². The van der Waals surface area contributed by atoms with Crippen LogP contribution in [0, 0.1) is 11.8 Å². The van der Waals surface area contributed by atoms with E-state index in [0.29, 0.717) is 6.10 Å². The molecule has 2 aliphatic rings. The standard InChI is InChI=1S/C17H26N2O/c1-12-3-7-16(9-13(12)2)20-17-8-4-14(11-19-17)10-18-15-5-6-15/h4,8,11-13,15-16,18H,3,5-7,9-10H2,1-2H3. The van der Waals surface area contributed by atoms with Gasteiger partial charge in [-0.2, -0.15) is 0 Å². The van der Waals surface area contributed by atoms with E-state index in [1.807, 2.05) is 12.3 Å². The van der Waals surface area contributed by atoms with E-state index in [-0.39, 0.29) is 0 Å². The third-order valence-electron chi connectivity index (χ3n) is 4.81. The van der Waals surface area contributed by atoms with Gasteiger partial charge in [-0.05, 0) is 49.5 Å². The van der Waals surface area contributed by atoms with Gasteiger partial charge in [-0.15, -0.1) is 0 Å². The molecule has 1 N–H and O–H groups in total. The molecule has 2 saturated carbocycles. The molecule has 3 unspecified atom stereocenters. The van der Waals surface area contributed by atoms with Crippen LogP contribution in [0.15, 0.2) is 18.3 Å². The molecule has 20 heavy (non-hydrogen) atoms. The van der Waals surface area contributed by atoms with Gasteiger partial charge >= 0.3 is 0 Å². The number of aromatic nitrogens is 1. The lowest BCUT2D eigenvalue weighted by Gasteiger charge is -2.31. The van der Waals surface area contributed by atoms with E-state index in [1.54, 1.807) is 0 Å². The summed E-state index contributed by atoms with van der Waals surface area (Å²) >= 11 is 0. The third kappa shape index (κ3) is 3.72. The van der Waals surface area contributed by atoms with Crippen molar-refractivity contribution in [2.75, 3.05) is 0 Å². The maximum Gasteiger partial charge on any atom is 0.213 e. The van der Waals surface area contributed by atoms with Crippen LogP contribution in [-0.4, -0.2) is 17.1 Å². The molecule has 3 rings (SSSR count). The van der Waals surface area contributed by atoms with Crippen molar-refractivity contribution in [2.24, 2.45) is 11.8 Å². The Bertz CT molecular complexity index is 427. The number of hydrogen-bond acceptors (Lipinski definition) is 3. The van der Waals surface area contributed by atoms with E-state index in [1.165, 1.54) is 24.8 Å². The second-order valence-electron chi connectivity index (χ2n) is 6.67. The first kappa shape index (κ1) is 13.9. The van der Waals surface area contributed by atoms with E-state index in [4.69, 9.17) is 4.74 Å². The zero-order valence-corrected chi connectivity index (χ0v) is 12.6. The molecule has 1 aromatic rings. The van der Waals surface area contributed by atoms with Crippen LogP contribution < -0.4 is 10.1 Å². The smallest absolute Gasteiger partial charge is 0.213 e. The quantitative estimate of drug-likeness (QED) is 0.892. The fourth-order valence-corrected chi connectivity index (χ4v) is 2.91. The molecule has 0 amide bonds. The summed E-state index contributed by atoms with van der Waals surface area (Å²) in [6.45, 7) is 5.61. The second-order valence-corrected chi connectivity index (χ2v) is 6.67. The summed E-state index contributed by atoms with van der Waals surface area (Å²) in [7, 11) is 0. The molecule has 3 heteroatoms. The van der Waals surface area contributed by atoms with Crippen LogP contribution in [0.25, 0.3) is 0 Å². The molecule has 0 bridgehead atoms. The lowest BCUT2D eigenvalue weighted by molar-refractivity contribution is 0.0964. The largest absolute Gasteiger partial charge is 0.474 e. The average Bonchev–Trinajstić information content (AvgIpc) is 3.26. The van der Waals surface area contributed by atoms with Gasteiger partial charge < -0.3 is 10.1 Å². The monoisotopic (exact) mass is 274 g/mol. The minimum atomic E-state index is 0.351. The zero-order valence-electron chi connectivity index (χ0n) is 12.6. The Balaban J connectivity index is 1.49. The minimum absolute atomic E-state index is 0.351. The highest BCUT2D eigenvalue weighted by atomic mass is 16.5. The van der Waals surface area contributed by atoms with Crippen LogP contribution in [0.1, 0.15) is 51.5 Å². The van der Waals surface area contributed by atoms with Gasteiger partial charge in [0.25, 0.3) is 0 Å². The molecule has 0 aromatic carbocycles. The Morgan fingerprint density at radius 1 is 1.15 bits per heavy atom. The van der Waals surface area contributed by atoms with Crippen molar-refractivity contribution in [3.8, 4) is 5.88 Å². The minimum Gasteiger partial charge on any atom is -0.474 e. The molecular formula is C17H26N2O. The first-order valence-electron chi connectivity index (χ1n) is 8.05. The van der Waals surface area contributed by atoms with Crippen LogP contribution >= 0.6 is 0 Å². The maximum atomic E-state index is 6.04. The van der Waals surface area contributed by atoms with E-state index < -0.39 is 0 Å². The number of pyridine rings is 1. The first-order valence-corrected chi connectivity index (χ1v) is 8.05. The molecule has 3 atom stereocenters. The summed E-state index contributed by atoms with van der Waals surface area (Å²) in [5, 5.41) is 3.50. The Kier molecular flexibility index (Phi) is 4.25. The molecule has 0 radical (unpaired) electrons. The third-order valence-corrected chi connectivity index (χ3v) is 4.81. The van der Waals surface area contributed by atoms with E-state index in [9.17, 15) is 0 Å². The van der Waals surface area contributed by atoms with Crippen molar-refractivity contribution in [3.05, 3.63) is 23.9 Å². The van der Waals surface area contributed by atoms with E-state index >= 15 is 0 Å². The van der Waals surface area contributed by atoms with Gasteiger partial charge in [0.05, 0.1) is 0 Å². The Labute approximate surface area is 122 Å². The Morgan fingerprint density at radius 3 is 2.65 bits per heavy atom. The maximum absolute atomic E-state index is 6.04. The van der Waals surface area contributed by atoms with Gasteiger partial charge in [0.1, 0.15) is 6.10 Å². The van der Waals surface area contributed by atoms with Gasteiger partial charge in [-0.3, -0.25) is 0 Å². The molecule has 2 fully saturated rings. The summed E-state index contributed by atoms with van der Waals surface area (Å²) in [5.74, 6) is 2.38. The normalized spacial score (nSPS) is 30.2. The summed E-state index contributed by atoms with van der Waals surface area (Å²) in [4.78, 5) is 4.45. The topological polar surface area (TPSA) is 34.1 Å². The Morgan fingerprint density at radius 2 is 2.00 bits per heavy atom. The first-order chi connectivity index (χ1) is 9.70. The Hall–Kier alpha value is -1.09. The average molecular weight is 274 g/mol. The van der Waals surface area contributed by atoms with Crippen LogP contribution in [0.4, 0.5) is 0 Å². The zero-order chi connectivity index (χ0) is 13.9. The van der Waals surface area contributed by atoms with Gasteiger partial charge in [0.15, 0.2) is 0 Å². The van der Waals surface area contributed by atoms with Gasteiger partial charge in [0, 0.05) is 24.8 Å². The highest BCUT2D eigenvalue weighted by molar-refractivity contribution is 5.18. The second kappa shape index (κ2) is 6.13. The van der Waals surface area contributed by atoms with Crippen LogP contribution in [0.3, 0.4) is 0 Å². The van der Waals surface area contributed by atoms with E-state index in [0.717, 1.165) is 43.1 Å². The van der Waals surface area contributed by atoms with Crippen LogP contribution in [0.5, 0.6) is 5.88 Å². The summed E-state index contributed by atoms with van der Waals surface area (Å²) in [5.41, 5.74) is 1.25. The summed E-state index contributed by atoms with van der Waals surface area (Å²) < 4.78 is 6.04. The van der Waals surface area contributed by atoms with E-state index in [2.05, 4.69) is 30.2 Å². The van der Waals surface area contributed by atoms with Crippen LogP contribution in [0.2, 0.25) is 0 Å². The van der Waals surface area contributed by atoms with Crippen LogP contribution in [-0.2, 0) is 6.54 Å². The highest BCUT2D eigenvalue weighted by Gasteiger charge is 2.26. The number of hydrogen-bond donors (Lipinski definition) is 1. The number of ether oxygens (including phenoxy) is 1. The molecule has 0 saturated heterocycles. The molecule has 3 nitrogen and oxygen atoms in total. The number of rotatable bonds is 5. The molecule has 2 aliphatic carbocycles. The lowest BCUT2D eigenvalue weighted by Crippen LogP contribution is -2.29. The predicted octanol–water partition coefficient (Wildman–Crippen LogP) is 3.54. The van der Waals surface area contributed by atoms with Gasteiger partial charge in [0.2, 0.25) is 5.88 Å². The molecule has 1 aromatic heterocycles. The SMILES string of the molecule is CC1CCC(Oc2ccc(CNC3CC3)cn2)CC1C. The lowest BCUT2D eigenvalue weighted by atomic mass is 9.80. The summed E-state index contributed by atoms with van der Waals surface area (Å²) in [6.07, 6.45) is 8.55. The van der Waals surface area contributed by atoms with Crippen molar-refractivity contribution >= 4 is 0 Å². The van der Waals surface area contributed by atoms with Crippen molar-refractivity contribution in [3.63, 3.8) is 0 Å². The predicted molar refractivity (Wildman–Crippen MR) is 80.7 cm³/mol. The van der Waals surface area contributed by atoms with Gasteiger partial charge in [-0.25, -0.2) is 4.98 Å². The highest BCUT2D eigenvalue weighted by Crippen LogP contribution is 2.31. The fraction of sp³-hybridized carbons (Fsp3) is 0.706. The number of nitrogens with zero attached hydrogens (tertiary/aromatic N) is 1. The molecule has 0 aliphatic heterocycles. The van der Waals surface area contributed by atoms with Crippen molar-refractivity contribution in [1.29, 1.82) is 0 Å². The number of nitrogens with one attached hydrogen (secondary N) is 1. The molecule has 1 heterocycles. The van der Waals surface area contributed by atoms with Crippen molar-refractivity contribution < 1.29 is 4.74 Å². The van der Waals surface area contributed by atoms with Crippen molar-refractivity contribution in [1.82, 2.24) is 10.3 Å². The fourth-order valence-electron chi connectivity index (χ4n) is 2.91. The van der Waals surface area contributed by atoms with Crippen molar-refractivity contribution in [2.45, 2.75) is 64.6 Å². The molecule has 0 spiro atoms.